The number of hydrogen-bond donors (Lipinski definition) is 10. The van der Waals surface area contributed by atoms with Crippen molar-refractivity contribution in [2.75, 3.05) is 19.6 Å². The molecule has 0 saturated carbocycles. The first-order chi connectivity index (χ1) is 20.8. The van der Waals surface area contributed by atoms with E-state index in [0.717, 1.165) is 6.08 Å². The number of amides is 5. The highest BCUT2D eigenvalue weighted by Crippen LogP contribution is 2.26. The van der Waals surface area contributed by atoms with E-state index in [4.69, 9.17) is 22.9 Å². The van der Waals surface area contributed by atoms with Gasteiger partial charge < -0.3 is 54.4 Å². The van der Waals surface area contributed by atoms with E-state index in [1.165, 1.54) is 24.3 Å². The molecule has 1 heterocycles. The summed E-state index contributed by atoms with van der Waals surface area (Å²) >= 11 is 0. The molecule has 3 atom stereocenters. The van der Waals surface area contributed by atoms with Gasteiger partial charge in [0.2, 0.25) is 23.6 Å². The second kappa shape index (κ2) is 16.5. The van der Waals surface area contributed by atoms with E-state index in [0.29, 0.717) is 17.6 Å². The van der Waals surface area contributed by atoms with Crippen LogP contribution in [-0.2, 0) is 30.4 Å². The van der Waals surface area contributed by atoms with Gasteiger partial charge in [0.1, 0.15) is 29.6 Å². The van der Waals surface area contributed by atoms with Gasteiger partial charge in [-0.05, 0) is 60.4 Å². The van der Waals surface area contributed by atoms with E-state index in [-0.39, 0.29) is 55.1 Å². The Morgan fingerprint density at radius 2 is 1.82 bits per heavy atom. The first-order valence-electron chi connectivity index (χ1n) is 13.7. The van der Waals surface area contributed by atoms with Crippen molar-refractivity contribution in [1.29, 1.82) is 0 Å². The third kappa shape index (κ3) is 10.3. The molecule has 44 heavy (non-hydrogen) atoms. The monoisotopic (exact) mass is 612 g/mol. The number of nitrogens with two attached hydrogens (primary N) is 4. The third-order valence-corrected chi connectivity index (χ3v) is 6.54. The summed E-state index contributed by atoms with van der Waals surface area (Å²) in [6.45, 7) is 7.80. The van der Waals surface area contributed by atoms with Crippen LogP contribution in [0.2, 0.25) is 0 Å². The van der Waals surface area contributed by atoms with Gasteiger partial charge in [-0.2, -0.15) is 0 Å². The van der Waals surface area contributed by atoms with Crippen LogP contribution in [0.25, 0.3) is 5.57 Å². The maximum atomic E-state index is 13.6. The van der Waals surface area contributed by atoms with Gasteiger partial charge in [-0.25, -0.2) is 0 Å². The molecule has 1 aromatic rings. The van der Waals surface area contributed by atoms with Gasteiger partial charge in [0.05, 0.1) is 12.1 Å². The molecule has 238 valence electrons. The second-order valence-corrected chi connectivity index (χ2v) is 10.0. The fourth-order valence-electron chi connectivity index (χ4n) is 4.20. The lowest BCUT2D eigenvalue weighted by Crippen LogP contribution is -2.58. The van der Waals surface area contributed by atoms with Crippen LogP contribution in [0.4, 0.5) is 0 Å². The molecular formula is C29H40N8O7. The zero-order chi connectivity index (χ0) is 33.0. The SMILES string of the molecule is C=C(O)C1=C\C(=C)c2ccc(O)c(c2)CC(C(=O)N[C@@H](CC(N)=O)C(=O)NCCN)NC(=O)[C@H](CCCN)NC(=O)/C(N)=C\1. The van der Waals surface area contributed by atoms with E-state index in [1.807, 2.05) is 0 Å². The Bertz CT molecular complexity index is 1370. The molecule has 0 spiro atoms. The Kier molecular flexibility index (Phi) is 13.1. The van der Waals surface area contributed by atoms with E-state index in [1.54, 1.807) is 0 Å². The molecule has 15 nitrogen and oxygen atoms in total. The van der Waals surface area contributed by atoms with Gasteiger partial charge >= 0.3 is 0 Å². The summed E-state index contributed by atoms with van der Waals surface area (Å²) in [4.78, 5) is 64.3. The molecule has 1 aromatic carbocycles. The molecular weight excluding hydrogens is 572 g/mol. The van der Waals surface area contributed by atoms with E-state index in [9.17, 15) is 34.2 Å². The molecule has 1 aliphatic heterocycles. The summed E-state index contributed by atoms with van der Waals surface area (Å²) < 4.78 is 0. The molecule has 2 rings (SSSR count). The minimum atomic E-state index is -1.42. The van der Waals surface area contributed by atoms with Crippen LogP contribution in [-0.4, -0.2) is 77.5 Å². The number of carbonyl (C=O) groups is 5. The van der Waals surface area contributed by atoms with Crippen molar-refractivity contribution >= 4 is 35.1 Å². The number of carbonyl (C=O) groups excluding carboxylic acids is 5. The largest absolute Gasteiger partial charge is 0.508 e. The van der Waals surface area contributed by atoms with Gasteiger partial charge in [0.15, 0.2) is 0 Å². The van der Waals surface area contributed by atoms with Gasteiger partial charge in [-0.15, -0.1) is 0 Å². The molecule has 0 fully saturated rings. The van der Waals surface area contributed by atoms with Gasteiger partial charge in [0.25, 0.3) is 5.91 Å². The van der Waals surface area contributed by atoms with Crippen LogP contribution >= 0.6 is 0 Å². The van der Waals surface area contributed by atoms with Crippen molar-refractivity contribution in [3.63, 3.8) is 0 Å². The van der Waals surface area contributed by atoms with Crippen LogP contribution < -0.4 is 44.2 Å². The Hall–Kier alpha value is -5.15. The first-order valence-corrected chi connectivity index (χ1v) is 13.7. The minimum absolute atomic E-state index is 0.0563. The number of primary amides is 1. The molecule has 0 aromatic heterocycles. The molecule has 0 aliphatic carbocycles. The minimum Gasteiger partial charge on any atom is -0.508 e. The maximum absolute atomic E-state index is 13.6. The fourth-order valence-corrected chi connectivity index (χ4v) is 4.20. The molecule has 2 bridgehead atoms. The number of benzene rings is 1. The molecule has 1 unspecified atom stereocenters. The van der Waals surface area contributed by atoms with Crippen LogP contribution in [0, 0.1) is 0 Å². The topological polar surface area (TPSA) is 278 Å². The van der Waals surface area contributed by atoms with E-state index < -0.39 is 59.8 Å². The number of nitrogens with one attached hydrogen (secondary N) is 4. The quantitative estimate of drug-likeness (QED) is 0.122. The van der Waals surface area contributed by atoms with Crippen molar-refractivity contribution < 1.29 is 34.2 Å². The molecule has 14 N–H and O–H groups in total. The number of phenolic OH excluding ortho intramolecular Hbond substituents is 1. The average Bonchev–Trinajstić information content (AvgIpc) is 2.96. The number of aliphatic hydroxyl groups excluding tert-OH is 1. The standard InChI is InChI=1S/C29H40N8O7/c1-15-10-18(16(2)38)12-20(32)26(41)35-21(4-3-7-30)28(43)36-22(13-19-11-17(15)5-6-24(19)39)29(44)37-23(14-25(33)40)27(42)34-9-8-31/h5-6,10-12,21-23,38-39H,1-4,7-9,13-14,30-32H2,(H2,33,40)(H,34,42)(H,35,41)(H,36,43)(H,37,44)/b18-10-,20-12+/t21-,22?,23-/m0/s1. The fraction of sp³-hybridized carbons (Fsp3) is 0.345. The second-order valence-electron chi connectivity index (χ2n) is 10.0. The smallest absolute Gasteiger partial charge is 0.267 e. The Labute approximate surface area is 254 Å². The predicted molar refractivity (Wildman–Crippen MR) is 163 cm³/mol. The van der Waals surface area contributed by atoms with Crippen LogP contribution in [0.5, 0.6) is 5.75 Å². The van der Waals surface area contributed by atoms with E-state index in [2.05, 4.69) is 34.4 Å². The van der Waals surface area contributed by atoms with Gasteiger partial charge in [-0.1, -0.05) is 19.2 Å². The van der Waals surface area contributed by atoms with Crippen molar-refractivity contribution in [3.05, 3.63) is 71.7 Å². The van der Waals surface area contributed by atoms with E-state index >= 15 is 0 Å². The van der Waals surface area contributed by atoms with Crippen molar-refractivity contribution in [1.82, 2.24) is 21.3 Å². The van der Waals surface area contributed by atoms with Gasteiger partial charge in [0, 0.05) is 25.1 Å². The van der Waals surface area contributed by atoms with Crippen LogP contribution in [0.1, 0.15) is 30.4 Å². The number of aliphatic hydroxyl groups is 1. The maximum Gasteiger partial charge on any atom is 0.267 e. The average molecular weight is 613 g/mol. The zero-order valence-electron chi connectivity index (χ0n) is 24.2. The summed E-state index contributed by atoms with van der Waals surface area (Å²) in [5, 5.41) is 30.7. The van der Waals surface area contributed by atoms with Gasteiger partial charge in [-0.3, -0.25) is 24.0 Å². The highest BCUT2D eigenvalue weighted by molar-refractivity contribution is 5.99. The van der Waals surface area contributed by atoms with Crippen molar-refractivity contribution in [3.8, 4) is 5.75 Å². The predicted octanol–water partition coefficient (Wildman–Crippen LogP) is -2.05. The molecule has 15 heteroatoms. The first kappa shape index (κ1) is 35.0. The molecule has 1 aliphatic rings. The number of phenols is 1. The third-order valence-electron chi connectivity index (χ3n) is 6.54. The Morgan fingerprint density at radius 3 is 2.43 bits per heavy atom. The number of hydrogen-bond acceptors (Lipinski definition) is 10. The van der Waals surface area contributed by atoms with Crippen molar-refractivity contribution in [2.45, 2.75) is 43.8 Å². The highest BCUT2D eigenvalue weighted by Gasteiger charge is 2.31. The number of aromatic hydroxyl groups is 1. The lowest BCUT2D eigenvalue weighted by molar-refractivity contribution is -0.134. The van der Waals surface area contributed by atoms with Crippen LogP contribution in [0.3, 0.4) is 0 Å². The molecule has 0 saturated heterocycles. The number of allylic oxidation sites excluding steroid dienone is 3. The van der Waals surface area contributed by atoms with Crippen molar-refractivity contribution in [2.24, 2.45) is 22.9 Å². The summed E-state index contributed by atoms with van der Waals surface area (Å²) in [7, 11) is 0. The summed E-state index contributed by atoms with van der Waals surface area (Å²) in [5.74, 6) is -4.77. The van der Waals surface area contributed by atoms with Crippen LogP contribution in [0.15, 0.2) is 60.5 Å². The number of rotatable bonds is 11. The zero-order valence-corrected chi connectivity index (χ0v) is 24.2. The number of fused-ring (bicyclic) bond motifs is 2. The lowest BCUT2D eigenvalue weighted by Gasteiger charge is -2.25. The highest BCUT2D eigenvalue weighted by atomic mass is 16.3. The Balaban J connectivity index is 2.64. The summed E-state index contributed by atoms with van der Waals surface area (Å²) in [5.41, 5.74) is 23.0. The molecule has 5 amide bonds. The summed E-state index contributed by atoms with van der Waals surface area (Å²) in [6, 6.07) is 0.346. The Morgan fingerprint density at radius 1 is 1.11 bits per heavy atom. The summed E-state index contributed by atoms with van der Waals surface area (Å²) in [6.07, 6.45) is 2.10. The molecule has 0 radical (unpaired) electrons. The normalized spacial score (nSPS) is 20.6. The lowest BCUT2D eigenvalue weighted by atomic mass is 9.97.